The fourth-order valence-electron chi connectivity index (χ4n) is 0.220. The van der Waals surface area contributed by atoms with E-state index < -0.39 is 0 Å². The lowest BCUT2D eigenvalue weighted by Crippen LogP contribution is -2.00. The topological polar surface area (TPSA) is 24.4 Å². The molecule has 0 spiro atoms. The molecule has 0 bridgehead atoms. The van der Waals surface area contributed by atoms with E-state index in [1.165, 1.54) is 0 Å². The Hall–Kier alpha value is -0.790. The first-order chi connectivity index (χ1) is 3.31. The lowest BCUT2D eigenvalue weighted by Gasteiger charge is -1.91. The maximum absolute atomic E-state index is 3.81. The molecule has 40 valence electrons. The predicted octanol–water partition coefficient (Wildman–Crippen LogP) is 0.768. The van der Waals surface area contributed by atoms with Gasteiger partial charge in [0.2, 0.25) is 0 Å². The first kappa shape index (κ1) is 6.21. The fraction of sp³-hybridized carbons (Fsp3) is 0.400. The smallest absolute Gasteiger partial charge is 0.117 e. The second kappa shape index (κ2) is 3.40. The first-order valence-corrected chi connectivity index (χ1v) is 2.16. The van der Waals surface area contributed by atoms with Crippen LogP contribution >= 0.6 is 0 Å². The van der Waals surface area contributed by atoms with Crippen molar-refractivity contribution >= 4 is 6.21 Å². The third-order valence-corrected chi connectivity index (χ3v) is 0.574. The van der Waals surface area contributed by atoms with E-state index in [4.69, 9.17) is 0 Å². The normalized spacial score (nSPS) is 9.43. The summed E-state index contributed by atoms with van der Waals surface area (Å²) in [5, 5.41) is 2.77. The lowest BCUT2D eigenvalue weighted by atomic mass is 10.8. The van der Waals surface area contributed by atoms with Crippen LogP contribution in [0.4, 0.5) is 0 Å². The summed E-state index contributed by atoms with van der Waals surface area (Å²) in [7, 11) is 1.79. The van der Waals surface area contributed by atoms with Gasteiger partial charge in [-0.2, -0.15) is 0 Å². The van der Waals surface area contributed by atoms with Crippen LogP contribution < -0.4 is 5.32 Å². The molecular formula is C5H10N2. The highest BCUT2D eigenvalue weighted by Gasteiger charge is 1.72. The summed E-state index contributed by atoms with van der Waals surface area (Å²) >= 11 is 0. The van der Waals surface area contributed by atoms with E-state index in [0.717, 1.165) is 0 Å². The molecule has 0 atom stereocenters. The van der Waals surface area contributed by atoms with Crippen molar-refractivity contribution < 1.29 is 0 Å². The van der Waals surface area contributed by atoms with Crippen molar-refractivity contribution in [1.82, 2.24) is 5.32 Å². The minimum Gasteiger partial charge on any atom is -0.374 e. The van der Waals surface area contributed by atoms with Crippen LogP contribution in [-0.4, -0.2) is 13.3 Å². The molecule has 0 aromatic heterocycles. The van der Waals surface area contributed by atoms with E-state index in [1.807, 2.05) is 6.92 Å². The van der Waals surface area contributed by atoms with Crippen LogP contribution in [0, 0.1) is 0 Å². The highest BCUT2D eigenvalue weighted by molar-refractivity contribution is 5.54. The van der Waals surface area contributed by atoms with E-state index in [1.54, 1.807) is 13.3 Å². The first-order valence-electron chi connectivity index (χ1n) is 2.16. The number of hydrogen-bond acceptors (Lipinski definition) is 2. The molecule has 0 saturated carbocycles. The van der Waals surface area contributed by atoms with Gasteiger partial charge in [0.15, 0.2) is 0 Å². The molecule has 2 nitrogen and oxygen atoms in total. The third-order valence-electron chi connectivity index (χ3n) is 0.574. The fourth-order valence-corrected chi connectivity index (χ4v) is 0.220. The van der Waals surface area contributed by atoms with E-state index in [0.29, 0.717) is 5.82 Å². The molecule has 0 aliphatic carbocycles. The molecule has 0 aliphatic heterocycles. The molecule has 0 amide bonds. The van der Waals surface area contributed by atoms with Crippen LogP contribution in [-0.2, 0) is 0 Å². The Bertz CT molecular complexity index is 84.1. The molecule has 2 heteroatoms. The van der Waals surface area contributed by atoms with Gasteiger partial charge in [0.25, 0.3) is 0 Å². The van der Waals surface area contributed by atoms with Crippen molar-refractivity contribution in [2.75, 3.05) is 7.05 Å². The van der Waals surface area contributed by atoms with Gasteiger partial charge < -0.3 is 5.32 Å². The van der Waals surface area contributed by atoms with Crippen molar-refractivity contribution in [1.29, 1.82) is 0 Å². The Kier molecular flexibility index (Phi) is 3.02. The SMILES string of the molecule is C=C(N=CC)NC. The third kappa shape index (κ3) is 3.03. The van der Waals surface area contributed by atoms with Crippen LogP contribution in [0.1, 0.15) is 6.92 Å². The van der Waals surface area contributed by atoms with Crippen molar-refractivity contribution in [3.8, 4) is 0 Å². The molecule has 0 saturated heterocycles. The Morgan fingerprint density at radius 2 is 2.43 bits per heavy atom. The Morgan fingerprint density at radius 3 is 2.57 bits per heavy atom. The molecule has 0 aromatic carbocycles. The lowest BCUT2D eigenvalue weighted by molar-refractivity contribution is 0.976. The average molecular weight is 98.1 g/mol. The van der Waals surface area contributed by atoms with Crippen LogP contribution in [0.5, 0.6) is 0 Å². The Balaban J connectivity index is 3.37. The van der Waals surface area contributed by atoms with Crippen molar-refractivity contribution in [3.63, 3.8) is 0 Å². The highest BCUT2D eigenvalue weighted by atomic mass is 15.0. The van der Waals surface area contributed by atoms with Crippen molar-refractivity contribution in [3.05, 3.63) is 12.4 Å². The molecule has 0 fully saturated rings. The maximum atomic E-state index is 3.81. The molecule has 0 aromatic rings. The van der Waals surface area contributed by atoms with Gasteiger partial charge >= 0.3 is 0 Å². The molecule has 0 unspecified atom stereocenters. The second-order valence-electron chi connectivity index (χ2n) is 1.08. The number of nitrogens with zero attached hydrogens (tertiary/aromatic N) is 1. The Labute approximate surface area is 44.0 Å². The van der Waals surface area contributed by atoms with Crippen LogP contribution in [0.3, 0.4) is 0 Å². The van der Waals surface area contributed by atoms with Gasteiger partial charge in [0, 0.05) is 13.3 Å². The number of aliphatic imine (C=N–C) groups is 1. The van der Waals surface area contributed by atoms with Crippen LogP contribution in [0.25, 0.3) is 0 Å². The summed E-state index contributed by atoms with van der Waals surface area (Å²) in [4.78, 5) is 3.81. The zero-order valence-electron chi connectivity index (χ0n) is 4.73. The van der Waals surface area contributed by atoms with Gasteiger partial charge in [0.05, 0.1) is 0 Å². The largest absolute Gasteiger partial charge is 0.374 e. The molecule has 1 N–H and O–H groups in total. The van der Waals surface area contributed by atoms with E-state index >= 15 is 0 Å². The van der Waals surface area contributed by atoms with E-state index in [2.05, 4.69) is 16.9 Å². The number of nitrogens with one attached hydrogen (secondary N) is 1. The van der Waals surface area contributed by atoms with Gasteiger partial charge in [-0.15, -0.1) is 0 Å². The highest BCUT2D eigenvalue weighted by Crippen LogP contribution is 1.78. The summed E-state index contributed by atoms with van der Waals surface area (Å²) in [6.45, 7) is 5.40. The summed E-state index contributed by atoms with van der Waals surface area (Å²) in [6, 6.07) is 0. The predicted molar refractivity (Wildman–Crippen MR) is 32.4 cm³/mol. The molecule has 0 radical (unpaired) electrons. The van der Waals surface area contributed by atoms with Crippen molar-refractivity contribution in [2.24, 2.45) is 4.99 Å². The van der Waals surface area contributed by atoms with E-state index in [-0.39, 0.29) is 0 Å². The zero-order valence-corrected chi connectivity index (χ0v) is 4.73. The van der Waals surface area contributed by atoms with Gasteiger partial charge in [0.1, 0.15) is 5.82 Å². The monoisotopic (exact) mass is 98.1 g/mol. The van der Waals surface area contributed by atoms with E-state index in [9.17, 15) is 0 Å². The van der Waals surface area contributed by atoms with Gasteiger partial charge in [-0.1, -0.05) is 6.58 Å². The molecule has 0 aliphatic rings. The maximum Gasteiger partial charge on any atom is 0.117 e. The Morgan fingerprint density at radius 1 is 1.86 bits per heavy atom. The quantitative estimate of drug-likeness (QED) is 0.507. The van der Waals surface area contributed by atoms with Crippen LogP contribution in [0.15, 0.2) is 17.4 Å². The minimum atomic E-state index is 0.697. The molecular weight excluding hydrogens is 88.1 g/mol. The summed E-state index contributed by atoms with van der Waals surface area (Å²) in [6.07, 6.45) is 1.69. The number of rotatable bonds is 2. The second-order valence-corrected chi connectivity index (χ2v) is 1.08. The molecule has 0 heterocycles. The molecule has 7 heavy (non-hydrogen) atoms. The van der Waals surface area contributed by atoms with Gasteiger partial charge in [-0.3, -0.25) is 0 Å². The van der Waals surface area contributed by atoms with Gasteiger partial charge in [-0.25, -0.2) is 4.99 Å². The average Bonchev–Trinajstić information content (AvgIpc) is 1.68. The van der Waals surface area contributed by atoms with Crippen molar-refractivity contribution in [2.45, 2.75) is 6.92 Å². The van der Waals surface area contributed by atoms with Crippen LogP contribution in [0.2, 0.25) is 0 Å². The summed E-state index contributed by atoms with van der Waals surface area (Å²) in [5.74, 6) is 0.697. The summed E-state index contributed by atoms with van der Waals surface area (Å²) < 4.78 is 0. The zero-order chi connectivity index (χ0) is 5.70. The molecule has 0 rings (SSSR count). The minimum absolute atomic E-state index is 0.697. The number of hydrogen-bond donors (Lipinski definition) is 1. The van der Waals surface area contributed by atoms with Gasteiger partial charge in [-0.05, 0) is 6.92 Å². The summed E-state index contributed by atoms with van der Waals surface area (Å²) in [5.41, 5.74) is 0. The standard InChI is InChI=1S/C5H10N2/c1-4-7-5(2)6-3/h4,6H,2H2,1,3H3.